The van der Waals surface area contributed by atoms with Gasteiger partial charge < -0.3 is 10.2 Å². The first-order valence-electron chi connectivity index (χ1n) is 8.06. The van der Waals surface area contributed by atoms with E-state index in [4.69, 9.17) is 11.6 Å². The molecule has 2 aromatic rings. The minimum Gasteiger partial charge on any atom is -0.331 e. The number of aryl methyl sites for hydroxylation is 2. The van der Waals surface area contributed by atoms with Crippen LogP contribution >= 0.6 is 11.6 Å². The Morgan fingerprint density at radius 1 is 1.33 bits per heavy atom. The van der Waals surface area contributed by atoms with Gasteiger partial charge in [-0.15, -0.1) is 0 Å². The van der Waals surface area contributed by atoms with Gasteiger partial charge >= 0.3 is 6.03 Å². The minimum atomic E-state index is -0.0905. The number of halogens is 1. The number of amides is 2. The smallest absolute Gasteiger partial charge is 0.317 e. The molecule has 0 aliphatic heterocycles. The lowest BCUT2D eigenvalue weighted by Crippen LogP contribution is -2.44. The van der Waals surface area contributed by atoms with Gasteiger partial charge in [0.25, 0.3) is 0 Å². The van der Waals surface area contributed by atoms with Crippen molar-refractivity contribution in [2.75, 3.05) is 7.05 Å². The number of urea groups is 1. The minimum absolute atomic E-state index is 0.0772. The Bertz CT molecular complexity index is 696. The Morgan fingerprint density at radius 2 is 1.96 bits per heavy atom. The summed E-state index contributed by atoms with van der Waals surface area (Å²) in [5.74, 6) is 0. The summed E-state index contributed by atoms with van der Waals surface area (Å²) in [5, 5.41) is 8.08. The van der Waals surface area contributed by atoms with Crippen molar-refractivity contribution in [1.82, 2.24) is 20.0 Å². The maximum Gasteiger partial charge on any atom is 0.317 e. The molecule has 0 fully saturated rings. The predicted molar refractivity (Wildman–Crippen MR) is 97.3 cm³/mol. The molecule has 0 radical (unpaired) electrons. The summed E-state index contributed by atoms with van der Waals surface area (Å²) < 4.78 is 1.76. The molecule has 0 aliphatic rings. The first-order chi connectivity index (χ1) is 11.3. The van der Waals surface area contributed by atoms with Gasteiger partial charge in [0.2, 0.25) is 0 Å². The highest BCUT2D eigenvalue weighted by Crippen LogP contribution is 2.17. The summed E-state index contributed by atoms with van der Waals surface area (Å²) >= 11 is 5.91. The zero-order chi connectivity index (χ0) is 17.9. The third kappa shape index (κ3) is 4.51. The van der Waals surface area contributed by atoms with Gasteiger partial charge in [0.15, 0.2) is 0 Å². The Kier molecular flexibility index (Phi) is 5.89. The molecule has 1 heterocycles. The summed E-state index contributed by atoms with van der Waals surface area (Å²) in [6, 6.07) is 7.63. The van der Waals surface area contributed by atoms with Crippen molar-refractivity contribution in [3.8, 4) is 0 Å². The van der Waals surface area contributed by atoms with E-state index in [1.54, 1.807) is 9.58 Å². The van der Waals surface area contributed by atoms with Crippen molar-refractivity contribution in [2.24, 2.45) is 7.05 Å². The van der Waals surface area contributed by atoms with Crippen LogP contribution in [0.4, 0.5) is 4.79 Å². The average Bonchev–Trinajstić information content (AvgIpc) is 2.87. The molecule has 0 spiro atoms. The van der Waals surface area contributed by atoms with Gasteiger partial charge in [0, 0.05) is 36.9 Å². The highest BCUT2D eigenvalue weighted by molar-refractivity contribution is 6.30. The zero-order valence-corrected chi connectivity index (χ0v) is 15.6. The van der Waals surface area contributed by atoms with E-state index in [0.717, 1.165) is 28.3 Å². The highest BCUT2D eigenvalue weighted by Gasteiger charge is 2.20. The van der Waals surface area contributed by atoms with Crippen molar-refractivity contribution < 1.29 is 4.79 Å². The maximum atomic E-state index is 12.5. The number of rotatable bonds is 5. The van der Waals surface area contributed by atoms with Crippen molar-refractivity contribution in [3.05, 3.63) is 52.3 Å². The molecule has 1 N–H and O–H groups in total. The van der Waals surface area contributed by atoms with E-state index in [1.165, 1.54) is 0 Å². The van der Waals surface area contributed by atoms with Gasteiger partial charge in [-0.05, 0) is 44.9 Å². The molecule has 1 aromatic carbocycles. The molecule has 130 valence electrons. The third-order valence-electron chi connectivity index (χ3n) is 4.28. The van der Waals surface area contributed by atoms with Crippen LogP contribution in [0.1, 0.15) is 36.7 Å². The van der Waals surface area contributed by atoms with Crippen molar-refractivity contribution in [2.45, 2.75) is 39.3 Å². The Balaban J connectivity index is 1.95. The Hall–Kier alpha value is -2.01. The Morgan fingerprint density at radius 3 is 2.50 bits per heavy atom. The van der Waals surface area contributed by atoms with Gasteiger partial charge in [0.05, 0.1) is 11.7 Å². The van der Waals surface area contributed by atoms with Crippen LogP contribution in [0.25, 0.3) is 0 Å². The van der Waals surface area contributed by atoms with Crippen LogP contribution in [-0.2, 0) is 13.5 Å². The van der Waals surface area contributed by atoms with E-state index >= 15 is 0 Å². The normalized spacial score (nSPS) is 13.4. The number of carbonyl (C=O) groups excluding carboxylic acids is 1. The van der Waals surface area contributed by atoms with Crippen molar-refractivity contribution in [3.63, 3.8) is 0 Å². The van der Waals surface area contributed by atoms with Crippen LogP contribution in [0, 0.1) is 6.92 Å². The molecule has 1 aromatic heterocycles. The Labute approximate surface area is 148 Å². The molecular formula is C18H25ClN4O. The fourth-order valence-electron chi connectivity index (χ4n) is 2.71. The van der Waals surface area contributed by atoms with E-state index in [-0.39, 0.29) is 18.1 Å². The first-order valence-corrected chi connectivity index (χ1v) is 8.43. The standard InChI is InChI=1S/C18H25ClN4O/c1-12(10-15-6-8-16(19)9-7-15)23(5)18(24)20-13(2)17-11-22(4)21-14(17)3/h6-9,11-13H,10H2,1-5H3,(H,20,24)/t12-,13+/m1/s1. The van der Waals surface area contributed by atoms with Crippen LogP contribution < -0.4 is 5.32 Å². The van der Waals surface area contributed by atoms with E-state index in [2.05, 4.69) is 10.4 Å². The molecule has 24 heavy (non-hydrogen) atoms. The molecule has 5 nitrogen and oxygen atoms in total. The second-order valence-corrected chi connectivity index (χ2v) is 6.74. The molecule has 2 atom stereocenters. The molecule has 2 amide bonds. The quantitative estimate of drug-likeness (QED) is 0.895. The number of nitrogens with one attached hydrogen (secondary N) is 1. The lowest BCUT2D eigenvalue weighted by Gasteiger charge is -2.27. The van der Waals surface area contributed by atoms with Crippen molar-refractivity contribution in [1.29, 1.82) is 0 Å². The monoisotopic (exact) mass is 348 g/mol. The third-order valence-corrected chi connectivity index (χ3v) is 4.54. The van der Waals surface area contributed by atoms with E-state index < -0.39 is 0 Å². The molecule has 0 saturated heterocycles. The van der Waals surface area contributed by atoms with Gasteiger partial charge in [-0.2, -0.15) is 5.10 Å². The lowest BCUT2D eigenvalue weighted by molar-refractivity contribution is 0.190. The average molecular weight is 349 g/mol. The van der Waals surface area contributed by atoms with Crippen LogP contribution in [0.2, 0.25) is 5.02 Å². The number of benzene rings is 1. The SMILES string of the molecule is Cc1nn(C)cc1[C@H](C)NC(=O)N(C)[C@H](C)Cc1ccc(Cl)cc1. The van der Waals surface area contributed by atoms with Crippen LogP contribution in [0.15, 0.2) is 30.5 Å². The predicted octanol–water partition coefficient (Wildman–Crippen LogP) is 3.72. The molecule has 0 saturated carbocycles. The maximum absolute atomic E-state index is 12.5. The molecule has 6 heteroatoms. The fourth-order valence-corrected chi connectivity index (χ4v) is 2.83. The molecule has 2 rings (SSSR count). The summed E-state index contributed by atoms with van der Waals surface area (Å²) in [6.45, 7) is 5.96. The lowest BCUT2D eigenvalue weighted by atomic mass is 10.1. The fraction of sp³-hybridized carbons (Fsp3) is 0.444. The first kappa shape index (κ1) is 18.3. The van der Waals surface area contributed by atoms with Gasteiger partial charge in [-0.3, -0.25) is 4.68 Å². The number of hydrogen-bond acceptors (Lipinski definition) is 2. The summed E-state index contributed by atoms with van der Waals surface area (Å²) in [6.07, 6.45) is 2.72. The zero-order valence-electron chi connectivity index (χ0n) is 14.9. The number of carbonyl (C=O) groups is 1. The molecule has 0 unspecified atom stereocenters. The highest BCUT2D eigenvalue weighted by atomic mass is 35.5. The van der Waals surface area contributed by atoms with Crippen molar-refractivity contribution >= 4 is 17.6 Å². The number of nitrogens with zero attached hydrogens (tertiary/aromatic N) is 3. The molecule has 0 bridgehead atoms. The second-order valence-electron chi connectivity index (χ2n) is 6.31. The molecule has 0 aliphatic carbocycles. The summed E-state index contributed by atoms with van der Waals surface area (Å²) in [7, 11) is 3.70. The molecular weight excluding hydrogens is 324 g/mol. The summed E-state index contributed by atoms with van der Waals surface area (Å²) in [5.41, 5.74) is 3.12. The van der Waals surface area contributed by atoms with Crippen LogP contribution in [0.5, 0.6) is 0 Å². The van der Waals surface area contributed by atoms with Gasteiger partial charge in [-0.1, -0.05) is 23.7 Å². The summed E-state index contributed by atoms with van der Waals surface area (Å²) in [4.78, 5) is 14.2. The number of aromatic nitrogens is 2. The number of hydrogen-bond donors (Lipinski definition) is 1. The van der Waals surface area contributed by atoms with Crippen LogP contribution in [0.3, 0.4) is 0 Å². The second kappa shape index (κ2) is 7.71. The van der Waals surface area contributed by atoms with Crippen LogP contribution in [-0.4, -0.2) is 33.8 Å². The van der Waals surface area contributed by atoms with Gasteiger partial charge in [0.1, 0.15) is 0 Å². The topological polar surface area (TPSA) is 50.2 Å². The van der Waals surface area contributed by atoms with E-state index in [0.29, 0.717) is 0 Å². The largest absolute Gasteiger partial charge is 0.331 e. The van der Waals surface area contributed by atoms with E-state index in [1.807, 2.05) is 65.3 Å². The number of likely N-dealkylation sites (N-methyl/N-ethyl adjacent to an activating group) is 1. The van der Waals surface area contributed by atoms with E-state index in [9.17, 15) is 4.79 Å². The van der Waals surface area contributed by atoms with Gasteiger partial charge in [-0.25, -0.2) is 4.79 Å².